The largest absolute Gasteiger partial charge is 0.466 e. The molecule has 0 aromatic heterocycles. The summed E-state index contributed by atoms with van der Waals surface area (Å²) in [6.45, 7) is 6.01. The van der Waals surface area contributed by atoms with E-state index in [1.165, 1.54) is 76.7 Å². The van der Waals surface area contributed by atoms with Crippen LogP contribution in [0, 0.1) is 35.0 Å². The van der Waals surface area contributed by atoms with Crippen molar-refractivity contribution in [3.05, 3.63) is 11.6 Å². The Kier molecular flexibility index (Phi) is 10.5. The van der Waals surface area contributed by atoms with Gasteiger partial charge in [-0.1, -0.05) is 63.9 Å². The van der Waals surface area contributed by atoms with Crippen LogP contribution in [0.4, 0.5) is 0 Å². The van der Waals surface area contributed by atoms with Crippen LogP contribution in [-0.2, 0) is 23.9 Å². The third kappa shape index (κ3) is 7.10. The van der Waals surface area contributed by atoms with E-state index in [-0.39, 0.29) is 23.5 Å². The van der Waals surface area contributed by atoms with E-state index in [2.05, 4.69) is 6.92 Å². The summed E-state index contributed by atoms with van der Waals surface area (Å²) in [4.78, 5) is 35.0. The summed E-state index contributed by atoms with van der Waals surface area (Å²) in [6, 6.07) is 0. The Morgan fingerprint density at radius 2 is 1.58 bits per heavy atom. The second-order valence-corrected chi connectivity index (χ2v) is 13.2. The van der Waals surface area contributed by atoms with Gasteiger partial charge in [-0.3, -0.25) is 14.4 Å². The summed E-state index contributed by atoms with van der Waals surface area (Å²) in [5.74, 6) is 3.40. The van der Waals surface area contributed by atoms with Crippen molar-refractivity contribution in [1.29, 1.82) is 0 Å². The Bertz CT molecular complexity index is 861. The number of allylic oxidation sites excluding steroid dienone is 1. The predicted molar refractivity (Wildman–Crippen MR) is 149 cm³/mol. The van der Waals surface area contributed by atoms with E-state index >= 15 is 0 Å². The van der Waals surface area contributed by atoms with Gasteiger partial charge in [0.25, 0.3) is 0 Å². The van der Waals surface area contributed by atoms with Crippen LogP contribution in [-0.4, -0.2) is 30.4 Å². The van der Waals surface area contributed by atoms with Crippen molar-refractivity contribution in [2.45, 2.75) is 136 Å². The average Bonchev–Trinajstić information content (AvgIpc) is 3.19. The molecule has 214 valence electrons. The summed E-state index contributed by atoms with van der Waals surface area (Å²) in [6.07, 6.45) is 22.1. The van der Waals surface area contributed by atoms with E-state index in [4.69, 9.17) is 9.47 Å². The highest BCUT2D eigenvalue weighted by Gasteiger charge is 2.59. The van der Waals surface area contributed by atoms with Crippen LogP contribution in [0.25, 0.3) is 0 Å². The highest BCUT2D eigenvalue weighted by Crippen LogP contribution is 2.64. The monoisotopic (exact) mass is 528 g/mol. The maximum absolute atomic E-state index is 12.3. The summed E-state index contributed by atoms with van der Waals surface area (Å²) in [5.41, 5.74) is 1.59. The molecular weight excluding hydrogens is 476 g/mol. The molecule has 0 N–H and O–H groups in total. The van der Waals surface area contributed by atoms with Gasteiger partial charge in [0.2, 0.25) is 0 Å². The van der Waals surface area contributed by atoms with Crippen LogP contribution in [0.2, 0.25) is 0 Å². The molecule has 0 saturated heterocycles. The highest BCUT2D eigenvalue weighted by molar-refractivity contribution is 5.91. The first-order valence-electron chi connectivity index (χ1n) is 15.8. The zero-order valence-electron chi connectivity index (χ0n) is 24.3. The van der Waals surface area contributed by atoms with Crippen molar-refractivity contribution >= 4 is 17.7 Å². The Balaban J connectivity index is 1.27. The summed E-state index contributed by atoms with van der Waals surface area (Å²) >= 11 is 0. The standard InChI is InChI=1S/C33H52O5/c1-23(34)37-20-12-10-8-6-4-5-7-9-11-13-25-21-26-22-27(36)14-15-28(26)29-18-19-33(3)30(32(25)29)16-17-31(33)38-24(2)35/h22,25,28-32H,4-21H2,1-3H3/t25-,28+,29-,30+,31?,32-,33+/m1/s1. The zero-order chi connectivity index (χ0) is 27.1. The Labute approximate surface area is 230 Å². The highest BCUT2D eigenvalue weighted by atomic mass is 16.5. The van der Waals surface area contributed by atoms with Crippen LogP contribution in [0.5, 0.6) is 0 Å². The van der Waals surface area contributed by atoms with E-state index < -0.39 is 0 Å². The molecule has 3 saturated carbocycles. The van der Waals surface area contributed by atoms with Crippen LogP contribution < -0.4 is 0 Å². The third-order valence-electron chi connectivity index (χ3n) is 10.7. The second kappa shape index (κ2) is 13.6. The Morgan fingerprint density at radius 1 is 0.895 bits per heavy atom. The number of unbranched alkanes of at least 4 members (excludes halogenated alkanes) is 8. The lowest BCUT2D eigenvalue weighted by atomic mass is 9.49. The van der Waals surface area contributed by atoms with E-state index in [9.17, 15) is 14.4 Å². The summed E-state index contributed by atoms with van der Waals surface area (Å²) in [7, 11) is 0. The topological polar surface area (TPSA) is 69.7 Å². The van der Waals surface area contributed by atoms with Gasteiger partial charge in [-0.25, -0.2) is 0 Å². The predicted octanol–water partition coefficient (Wildman–Crippen LogP) is 7.75. The number of rotatable bonds is 13. The van der Waals surface area contributed by atoms with Gasteiger partial charge in [0.05, 0.1) is 6.61 Å². The third-order valence-corrected chi connectivity index (χ3v) is 10.7. The smallest absolute Gasteiger partial charge is 0.302 e. The molecule has 0 aliphatic heterocycles. The molecule has 0 bridgehead atoms. The molecule has 0 heterocycles. The number of carbonyl (C=O) groups excluding carboxylic acids is 3. The molecule has 4 rings (SSSR count). The minimum Gasteiger partial charge on any atom is -0.466 e. The average molecular weight is 529 g/mol. The lowest BCUT2D eigenvalue weighted by Gasteiger charge is -2.56. The normalized spacial score (nSPS) is 34.1. The van der Waals surface area contributed by atoms with Gasteiger partial charge in [-0.05, 0) is 87.0 Å². The molecule has 0 spiro atoms. The molecule has 5 heteroatoms. The fourth-order valence-electron chi connectivity index (χ4n) is 8.98. The number of fused-ring (bicyclic) bond motifs is 5. The summed E-state index contributed by atoms with van der Waals surface area (Å²) in [5, 5.41) is 0. The van der Waals surface area contributed by atoms with Gasteiger partial charge >= 0.3 is 11.9 Å². The second-order valence-electron chi connectivity index (χ2n) is 13.2. The van der Waals surface area contributed by atoms with Crippen molar-refractivity contribution in [2.75, 3.05) is 6.61 Å². The maximum atomic E-state index is 12.3. The van der Waals surface area contributed by atoms with E-state index in [1.54, 1.807) is 6.92 Å². The van der Waals surface area contributed by atoms with E-state index in [1.807, 2.05) is 6.08 Å². The van der Waals surface area contributed by atoms with Crippen LogP contribution >= 0.6 is 0 Å². The van der Waals surface area contributed by atoms with Crippen molar-refractivity contribution in [3.8, 4) is 0 Å². The minimum atomic E-state index is -0.176. The number of esters is 2. The quantitative estimate of drug-likeness (QED) is 0.180. The molecule has 5 nitrogen and oxygen atoms in total. The SMILES string of the molecule is CC(=O)OCCCCCCCCCCC[C@@H]1CC2=CC(=O)CC[C@@H]2[C@H]2CC[C@]3(C)C(OC(C)=O)CC[C@H]3[C@H]12. The first kappa shape index (κ1) is 29.3. The molecule has 4 aliphatic carbocycles. The minimum absolute atomic E-state index is 0.0816. The van der Waals surface area contributed by atoms with Gasteiger partial charge < -0.3 is 9.47 Å². The van der Waals surface area contributed by atoms with Crippen molar-refractivity contribution in [1.82, 2.24) is 0 Å². The molecule has 1 unspecified atom stereocenters. The fraction of sp³-hybridized carbons (Fsp3) is 0.848. The first-order chi connectivity index (χ1) is 18.3. The fourth-order valence-corrected chi connectivity index (χ4v) is 8.98. The van der Waals surface area contributed by atoms with Gasteiger partial charge in [-0.15, -0.1) is 0 Å². The molecule has 3 fully saturated rings. The van der Waals surface area contributed by atoms with Crippen LogP contribution in [0.1, 0.15) is 130 Å². The Morgan fingerprint density at radius 3 is 2.26 bits per heavy atom. The van der Waals surface area contributed by atoms with Crippen molar-refractivity contribution < 1.29 is 23.9 Å². The number of carbonyl (C=O) groups is 3. The molecule has 7 atom stereocenters. The molecule has 0 radical (unpaired) electrons. The van der Waals surface area contributed by atoms with Crippen LogP contribution in [0.15, 0.2) is 11.6 Å². The van der Waals surface area contributed by atoms with E-state index in [0.29, 0.717) is 36.1 Å². The van der Waals surface area contributed by atoms with Crippen molar-refractivity contribution in [2.24, 2.45) is 35.0 Å². The lowest BCUT2D eigenvalue weighted by Crippen LogP contribution is -2.51. The number of ketones is 1. The van der Waals surface area contributed by atoms with Gasteiger partial charge in [0.15, 0.2) is 5.78 Å². The molecule has 0 amide bonds. The van der Waals surface area contributed by atoms with E-state index in [0.717, 1.165) is 50.9 Å². The molecule has 4 aliphatic rings. The first-order valence-corrected chi connectivity index (χ1v) is 15.8. The van der Waals surface area contributed by atoms with Crippen LogP contribution in [0.3, 0.4) is 0 Å². The Hall–Kier alpha value is -1.65. The zero-order valence-corrected chi connectivity index (χ0v) is 24.3. The maximum Gasteiger partial charge on any atom is 0.302 e. The van der Waals surface area contributed by atoms with Gasteiger partial charge in [0, 0.05) is 25.7 Å². The lowest BCUT2D eigenvalue weighted by molar-refractivity contribution is -0.157. The molecule has 0 aromatic rings. The molecular formula is C33H52O5. The van der Waals surface area contributed by atoms with Gasteiger partial charge in [-0.2, -0.15) is 0 Å². The molecule has 38 heavy (non-hydrogen) atoms. The summed E-state index contributed by atoms with van der Waals surface area (Å²) < 4.78 is 10.9. The van der Waals surface area contributed by atoms with Gasteiger partial charge in [0.1, 0.15) is 6.10 Å². The number of hydrogen-bond donors (Lipinski definition) is 0. The number of hydrogen-bond acceptors (Lipinski definition) is 5. The molecule has 0 aromatic carbocycles. The number of ether oxygens (including phenoxy) is 2. The van der Waals surface area contributed by atoms with Crippen molar-refractivity contribution in [3.63, 3.8) is 0 Å².